The summed E-state index contributed by atoms with van der Waals surface area (Å²) in [6.45, 7) is 1.08. The summed E-state index contributed by atoms with van der Waals surface area (Å²) in [7, 11) is 0. The number of hydrogen-bond acceptors (Lipinski definition) is 5. The van der Waals surface area contributed by atoms with Crippen molar-refractivity contribution in [2.24, 2.45) is 0 Å². The molecule has 1 aromatic carbocycles. The summed E-state index contributed by atoms with van der Waals surface area (Å²) >= 11 is 0. The highest BCUT2D eigenvalue weighted by atomic mass is 16.6. The van der Waals surface area contributed by atoms with E-state index in [1.165, 1.54) is 25.1 Å². The van der Waals surface area contributed by atoms with E-state index >= 15 is 0 Å². The van der Waals surface area contributed by atoms with Crippen LogP contribution in [0.15, 0.2) is 24.3 Å². The van der Waals surface area contributed by atoms with Crippen molar-refractivity contribution < 1.29 is 19.6 Å². The number of nitrogens with one attached hydrogen (secondary N) is 2. The van der Waals surface area contributed by atoms with Gasteiger partial charge in [-0.25, -0.2) is 0 Å². The number of carboxylic acid groups (broad SMARTS) is 1. The third kappa shape index (κ3) is 4.26. The number of para-hydroxylation sites is 2. The highest BCUT2D eigenvalue weighted by Crippen LogP contribution is 2.22. The second kappa shape index (κ2) is 6.34. The molecule has 8 nitrogen and oxygen atoms in total. The number of nitro benzene ring substituents is 1. The molecule has 0 heterocycles. The first-order valence-corrected chi connectivity index (χ1v) is 5.41. The number of amides is 1. The van der Waals surface area contributed by atoms with Crippen molar-refractivity contribution in [3.63, 3.8) is 0 Å². The van der Waals surface area contributed by atoms with Crippen molar-refractivity contribution in [1.29, 1.82) is 0 Å². The third-order valence-electron chi connectivity index (χ3n) is 2.29. The molecule has 19 heavy (non-hydrogen) atoms. The van der Waals surface area contributed by atoms with Crippen molar-refractivity contribution >= 4 is 23.3 Å². The molecule has 0 aliphatic rings. The molecule has 0 saturated carbocycles. The minimum Gasteiger partial charge on any atom is -0.480 e. The zero-order valence-corrected chi connectivity index (χ0v) is 10.1. The predicted octanol–water partition coefficient (Wildman–Crippen LogP) is 0.596. The van der Waals surface area contributed by atoms with Gasteiger partial charge in [0, 0.05) is 6.07 Å². The SMILES string of the molecule is CC(NC(=O)CNc1ccccc1[N+](=O)[O-])C(=O)O. The fourth-order valence-electron chi connectivity index (χ4n) is 1.31. The van der Waals surface area contributed by atoms with Crippen molar-refractivity contribution in [3.05, 3.63) is 34.4 Å². The molecule has 0 bridgehead atoms. The van der Waals surface area contributed by atoms with E-state index in [2.05, 4.69) is 10.6 Å². The highest BCUT2D eigenvalue weighted by molar-refractivity contribution is 5.86. The number of nitrogens with zero attached hydrogens (tertiary/aromatic N) is 1. The number of carbonyl (C=O) groups excluding carboxylic acids is 1. The van der Waals surface area contributed by atoms with Crippen molar-refractivity contribution in [3.8, 4) is 0 Å². The van der Waals surface area contributed by atoms with Crippen molar-refractivity contribution in [2.45, 2.75) is 13.0 Å². The molecule has 0 aromatic heterocycles. The maximum Gasteiger partial charge on any atom is 0.325 e. The Kier molecular flexibility index (Phi) is 4.81. The van der Waals surface area contributed by atoms with Gasteiger partial charge in [0.2, 0.25) is 5.91 Å². The molecule has 3 N–H and O–H groups in total. The van der Waals surface area contributed by atoms with Gasteiger partial charge in [0.1, 0.15) is 11.7 Å². The molecule has 1 unspecified atom stereocenters. The minimum atomic E-state index is -1.15. The molecule has 0 aliphatic carbocycles. The standard InChI is InChI=1S/C11H13N3O5/c1-7(11(16)17)13-10(15)6-12-8-4-2-3-5-9(8)14(18)19/h2-5,7,12H,6H2,1H3,(H,13,15)(H,16,17). The smallest absolute Gasteiger partial charge is 0.325 e. The Morgan fingerprint density at radius 3 is 2.63 bits per heavy atom. The average molecular weight is 267 g/mol. The van der Waals surface area contributed by atoms with E-state index in [9.17, 15) is 19.7 Å². The molecular formula is C11H13N3O5. The Balaban J connectivity index is 2.60. The quantitative estimate of drug-likeness (QED) is 0.512. The van der Waals surface area contributed by atoms with Gasteiger partial charge in [0.25, 0.3) is 5.69 Å². The fraction of sp³-hybridized carbons (Fsp3) is 0.273. The van der Waals surface area contributed by atoms with Crippen LogP contribution in [0.4, 0.5) is 11.4 Å². The lowest BCUT2D eigenvalue weighted by Gasteiger charge is -2.10. The second-order valence-electron chi connectivity index (χ2n) is 3.76. The van der Waals surface area contributed by atoms with Crippen LogP contribution in [-0.4, -0.2) is 34.5 Å². The monoisotopic (exact) mass is 267 g/mol. The van der Waals surface area contributed by atoms with E-state index in [1.54, 1.807) is 6.07 Å². The summed E-state index contributed by atoms with van der Waals surface area (Å²) in [4.78, 5) is 32.1. The number of hydrogen-bond donors (Lipinski definition) is 3. The Bertz CT molecular complexity index is 503. The Morgan fingerprint density at radius 2 is 2.05 bits per heavy atom. The maximum absolute atomic E-state index is 11.4. The molecular weight excluding hydrogens is 254 g/mol. The topological polar surface area (TPSA) is 122 Å². The van der Waals surface area contributed by atoms with Crippen LogP contribution in [0.1, 0.15) is 6.92 Å². The summed E-state index contributed by atoms with van der Waals surface area (Å²) in [5.41, 5.74) is 0.0483. The van der Waals surface area contributed by atoms with Gasteiger partial charge in [-0.15, -0.1) is 0 Å². The number of carboxylic acids is 1. The normalized spacial score (nSPS) is 11.4. The van der Waals surface area contributed by atoms with Crippen LogP contribution in [0.2, 0.25) is 0 Å². The van der Waals surface area contributed by atoms with Gasteiger partial charge in [-0.05, 0) is 13.0 Å². The number of anilines is 1. The van der Waals surface area contributed by atoms with Gasteiger partial charge in [-0.2, -0.15) is 0 Å². The van der Waals surface area contributed by atoms with Gasteiger partial charge in [-0.1, -0.05) is 12.1 Å². The molecule has 1 aromatic rings. The molecule has 0 aliphatic heterocycles. The van der Waals surface area contributed by atoms with Crippen molar-refractivity contribution in [1.82, 2.24) is 5.32 Å². The van der Waals surface area contributed by atoms with Crippen molar-refractivity contribution in [2.75, 3.05) is 11.9 Å². The zero-order chi connectivity index (χ0) is 14.4. The third-order valence-corrected chi connectivity index (χ3v) is 2.29. The van der Waals surface area contributed by atoms with Gasteiger partial charge < -0.3 is 15.7 Å². The predicted molar refractivity (Wildman–Crippen MR) is 66.8 cm³/mol. The first kappa shape index (κ1) is 14.4. The van der Waals surface area contributed by atoms with Gasteiger partial charge in [0.15, 0.2) is 0 Å². The van der Waals surface area contributed by atoms with E-state index in [4.69, 9.17) is 5.11 Å². The summed E-state index contributed by atoms with van der Waals surface area (Å²) < 4.78 is 0. The summed E-state index contributed by atoms with van der Waals surface area (Å²) in [6, 6.07) is 4.86. The minimum absolute atomic E-state index is 0.151. The molecule has 1 rings (SSSR count). The summed E-state index contributed by atoms with van der Waals surface area (Å²) in [5.74, 6) is -1.72. The van der Waals surface area contributed by atoms with Gasteiger partial charge >= 0.3 is 5.97 Å². The number of benzene rings is 1. The van der Waals surface area contributed by atoms with E-state index in [0.717, 1.165) is 0 Å². The second-order valence-corrected chi connectivity index (χ2v) is 3.76. The number of aliphatic carboxylic acids is 1. The van der Waals surface area contributed by atoms with Gasteiger partial charge in [-0.3, -0.25) is 19.7 Å². The first-order valence-electron chi connectivity index (χ1n) is 5.41. The lowest BCUT2D eigenvalue weighted by Crippen LogP contribution is -2.41. The van der Waals surface area contributed by atoms with E-state index in [-0.39, 0.29) is 17.9 Å². The van der Waals surface area contributed by atoms with Crippen LogP contribution < -0.4 is 10.6 Å². The van der Waals surface area contributed by atoms with Crippen LogP contribution in [-0.2, 0) is 9.59 Å². The van der Waals surface area contributed by atoms with Crippen LogP contribution in [0.5, 0.6) is 0 Å². The molecule has 1 amide bonds. The fourth-order valence-corrected chi connectivity index (χ4v) is 1.31. The Labute approximate surface area is 108 Å². The molecule has 0 saturated heterocycles. The highest BCUT2D eigenvalue weighted by Gasteiger charge is 2.16. The van der Waals surface area contributed by atoms with Crippen LogP contribution in [0, 0.1) is 10.1 Å². The largest absolute Gasteiger partial charge is 0.480 e. The molecule has 8 heteroatoms. The molecule has 0 fully saturated rings. The zero-order valence-electron chi connectivity index (χ0n) is 10.1. The molecule has 0 spiro atoms. The lowest BCUT2D eigenvalue weighted by molar-refractivity contribution is -0.383. The first-order chi connectivity index (χ1) is 8.91. The lowest BCUT2D eigenvalue weighted by atomic mass is 10.2. The van der Waals surface area contributed by atoms with Crippen LogP contribution in [0.25, 0.3) is 0 Å². The molecule has 0 radical (unpaired) electrons. The van der Waals surface area contributed by atoms with Gasteiger partial charge in [0.05, 0.1) is 11.5 Å². The van der Waals surface area contributed by atoms with E-state index in [1.807, 2.05) is 0 Å². The Hall–Kier alpha value is -2.64. The summed E-state index contributed by atoms with van der Waals surface area (Å²) in [5, 5.41) is 24.1. The van der Waals surface area contributed by atoms with Crippen LogP contribution in [0.3, 0.4) is 0 Å². The maximum atomic E-state index is 11.4. The average Bonchev–Trinajstić information content (AvgIpc) is 2.36. The number of rotatable bonds is 6. The summed E-state index contributed by atoms with van der Waals surface area (Å²) in [6.07, 6.45) is 0. The molecule has 102 valence electrons. The Morgan fingerprint density at radius 1 is 1.42 bits per heavy atom. The van der Waals surface area contributed by atoms with Crippen LogP contribution >= 0.6 is 0 Å². The van der Waals surface area contributed by atoms with E-state index < -0.39 is 22.8 Å². The molecule has 1 atom stereocenters. The van der Waals surface area contributed by atoms with E-state index in [0.29, 0.717) is 0 Å². The number of carbonyl (C=O) groups is 2. The number of nitro groups is 1.